The molecule has 2 aliphatic heterocycles. The van der Waals surface area contributed by atoms with Gasteiger partial charge in [-0.1, -0.05) is 0 Å². The molecule has 0 atom stereocenters. The third-order valence-electron chi connectivity index (χ3n) is 5.62. The highest BCUT2D eigenvalue weighted by Crippen LogP contribution is 2.37. The van der Waals surface area contributed by atoms with Crippen LogP contribution in [-0.4, -0.2) is 51.8 Å². The summed E-state index contributed by atoms with van der Waals surface area (Å²) in [6.45, 7) is 6.36. The number of nitrogens with zero attached hydrogens (tertiary/aromatic N) is 3. The molecule has 0 spiro atoms. The van der Waals surface area contributed by atoms with Crippen LogP contribution < -0.4 is 14.5 Å². The summed E-state index contributed by atoms with van der Waals surface area (Å²) in [4.78, 5) is 8.41. The molecule has 0 amide bonds. The second kappa shape index (κ2) is 7.41. The molecule has 0 N–H and O–H groups in total. The Morgan fingerprint density at radius 1 is 0.846 bits per heavy atom. The molecule has 0 radical (unpaired) electrons. The highest BCUT2D eigenvalue weighted by molar-refractivity contribution is 7.80. The Morgan fingerprint density at radius 3 is 2.27 bits per heavy atom. The molecule has 0 bridgehead atoms. The first-order chi connectivity index (χ1) is 12.7. The summed E-state index contributed by atoms with van der Waals surface area (Å²) in [5.74, 6) is 1.03. The Balaban J connectivity index is 1.67. The van der Waals surface area contributed by atoms with Crippen molar-refractivity contribution in [2.24, 2.45) is 0 Å². The Labute approximate surface area is 161 Å². The highest BCUT2D eigenvalue weighted by Gasteiger charge is 2.26. The van der Waals surface area contributed by atoms with E-state index in [1.54, 1.807) is 7.11 Å². The number of fused-ring (bicyclic) bond motifs is 1. The maximum Gasteiger partial charge on any atom is 0.122 e. The summed E-state index contributed by atoms with van der Waals surface area (Å²) in [6, 6.07) is 12.9. The van der Waals surface area contributed by atoms with E-state index in [0.717, 1.165) is 56.3 Å². The van der Waals surface area contributed by atoms with Gasteiger partial charge in [0.15, 0.2) is 0 Å². The summed E-state index contributed by atoms with van der Waals surface area (Å²) < 4.78 is 5.67. The quantitative estimate of drug-likeness (QED) is 0.837. The van der Waals surface area contributed by atoms with Crippen LogP contribution in [0.3, 0.4) is 0 Å². The van der Waals surface area contributed by atoms with Crippen molar-refractivity contribution in [2.75, 3.05) is 56.7 Å². The van der Waals surface area contributed by atoms with Crippen LogP contribution in [-0.2, 0) is 13.0 Å². The van der Waals surface area contributed by atoms with Crippen LogP contribution in [0.25, 0.3) is 0 Å². The van der Waals surface area contributed by atoms with E-state index in [9.17, 15) is 0 Å². The molecule has 5 heteroatoms. The molecule has 2 aromatic carbocycles. The Kier molecular flexibility index (Phi) is 5.00. The first-order valence-electron chi connectivity index (χ1n) is 9.32. The maximum atomic E-state index is 5.67. The second-order valence-corrected chi connectivity index (χ2v) is 7.74. The molecule has 2 aliphatic rings. The maximum absolute atomic E-state index is 5.67. The zero-order valence-electron chi connectivity index (χ0n) is 15.6. The molecule has 2 heterocycles. The second-order valence-electron chi connectivity index (χ2n) is 7.22. The van der Waals surface area contributed by atoms with Crippen molar-refractivity contribution in [2.45, 2.75) is 17.9 Å². The van der Waals surface area contributed by atoms with E-state index < -0.39 is 0 Å². The summed E-state index contributed by atoms with van der Waals surface area (Å²) in [7, 11) is 3.98. The van der Waals surface area contributed by atoms with Gasteiger partial charge in [0.2, 0.25) is 0 Å². The van der Waals surface area contributed by atoms with Gasteiger partial charge in [0.05, 0.1) is 7.11 Å². The molecule has 0 unspecified atom stereocenters. The van der Waals surface area contributed by atoms with Crippen molar-refractivity contribution in [3.8, 4) is 5.75 Å². The molecule has 4 nitrogen and oxygen atoms in total. The van der Waals surface area contributed by atoms with E-state index in [2.05, 4.69) is 70.8 Å². The third-order valence-corrected chi connectivity index (χ3v) is 5.92. The average Bonchev–Trinajstić information content (AvgIpc) is 2.68. The van der Waals surface area contributed by atoms with Gasteiger partial charge in [-0.05, 0) is 49.9 Å². The number of ether oxygens (including phenoxy) is 1. The summed E-state index contributed by atoms with van der Waals surface area (Å²) in [5, 5.41) is 0. The lowest BCUT2D eigenvalue weighted by Crippen LogP contribution is -2.45. The molecule has 1 fully saturated rings. The number of benzene rings is 2. The predicted molar refractivity (Wildman–Crippen MR) is 111 cm³/mol. The molecular formula is C21H27N3OS. The Hall–Kier alpha value is -1.85. The van der Waals surface area contributed by atoms with Gasteiger partial charge in [0, 0.05) is 66.7 Å². The van der Waals surface area contributed by atoms with Gasteiger partial charge in [-0.2, -0.15) is 0 Å². The fraction of sp³-hybridized carbons (Fsp3) is 0.429. The smallest absolute Gasteiger partial charge is 0.122 e. The van der Waals surface area contributed by atoms with Crippen LogP contribution in [0.15, 0.2) is 41.3 Å². The van der Waals surface area contributed by atoms with Crippen molar-refractivity contribution < 1.29 is 4.74 Å². The fourth-order valence-electron chi connectivity index (χ4n) is 4.05. The molecule has 0 aliphatic carbocycles. The fourth-order valence-corrected chi connectivity index (χ4v) is 4.19. The van der Waals surface area contributed by atoms with Gasteiger partial charge >= 0.3 is 0 Å². The van der Waals surface area contributed by atoms with E-state index in [1.165, 1.54) is 22.5 Å². The van der Waals surface area contributed by atoms with Crippen LogP contribution in [0.1, 0.15) is 11.1 Å². The van der Waals surface area contributed by atoms with Gasteiger partial charge in [-0.3, -0.25) is 0 Å². The number of piperazine rings is 1. The molecule has 0 aromatic heterocycles. The third kappa shape index (κ3) is 3.38. The molecular weight excluding hydrogens is 342 g/mol. The van der Waals surface area contributed by atoms with Gasteiger partial charge in [0.1, 0.15) is 5.75 Å². The molecule has 0 saturated carbocycles. The summed E-state index contributed by atoms with van der Waals surface area (Å²) >= 11 is 4.41. The number of hydrogen-bond donors (Lipinski definition) is 1. The highest BCUT2D eigenvalue weighted by atomic mass is 32.1. The Morgan fingerprint density at radius 2 is 1.58 bits per heavy atom. The first kappa shape index (κ1) is 17.6. The Bertz CT molecular complexity index is 770. The average molecular weight is 370 g/mol. The lowest BCUT2D eigenvalue weighted by molar-refractivity contribution is 0.312. The van der Waals surface area contributed by atoms with E-state index >= 15 is 0 Å². The van der Waals surface area contributed by atoms with Crippen LogP contribution in [0.5, 0.6) is 5.75 Å². The largest absolute Gasteiger partial charge is 0.496 e. The minimum absolute atomic E-state index is 0.931. The molecule has 2 aromatic rings. The van der Waals surface area contributed by atoms with Crippen molar-refractivity contribution in [3.05, 3.63) is 47.5 Å². The topological polar surface area (TPSA) is 19.0 Å². The number of hydrogen-bond acceptors (Lipinski definition) is 5. The van der Waals surface area contributed by atoms with Gasteiger partial charge < -0.3 is 19.4 Å². The van der Waals surface area contributed by atoms with Crippen molar-refractivity contribution in [3.63, 3.8) is 0 Å². The molecule has 1 saturated heterocycles. The van der Waals surface area contributed by atoms with Crippen LogP contribution >= 0.6 is 12.6 Å². The lowest BCUT2D eigenvalue weighted by atomic mass is 9.95. The minimum Gasteiger partial charge on any atom is -0.496 e. The van der Waals surface area contributed by atoms with E-state index in [1.807, 2.05) is 0 Å². The van der Waals surface area contributed by atoms with Crippen molar-refractivity contribution in [1.82, 2.24) is 4.90 Å². The van der Waals surface area contributed by atoms with Crippen LogP contribution in [0.4, 0.5) is 11.4 Å². The lowest BCUT2D eigenvalue weighted by Gasteiger charge is -2.39. The molecule has 26 heavy (non-hydrogen) atoms. The van der Waals surface area contributed by atoms with Crippen LogP contribution in [0, 0.1) is 0 Å². The molecule has 138 valence electrons. The van der Waals surface area contributed by atoms with E-state index in [4.69, 9.17) is 4.74 Å². The van der Waals surface area contributed by atoms with Crippen molar-refractivity contribution in [1.29, 1.82) is 0 Å². The zero-order chi connectivity index (χ0) is 18.1. The van der Waals surface area contributed by atoms with Crippen molar-refractivity contribution >= 4 is 24.0 Å². The van der Waals surface area contributed by atoms with E-state index in [-0.39, 0.29) is 0 Å². The number of thiol groups is 1. The normalized spacial score (nSPS) is 18.0. The summed E-state index contributed by atoms with van der Waals surface area (Å²) in [5.41, 5.74) is 5.45. The van der Waals surface area contributed by atoms with Crippen LogP contribution in [0.2, 0.25) is 0 Å². The van der Waals surface area contributed by atoms with Gasteiger partial charge in [0.25, 0.3) is 0 Å². The van der Waals surface area contributed by atoms with E-state index in [0.29, 0.717) is 0 Å². The van der Waals surface area contributed by atoms with Gasteiger partial charge in [-0.25, -0.2) is 0 Å². The standard InChI is InChI=1S/C21H27N3OS/c1-22-11-13-23(14-12-22)20-7-8-21(25-2)18-9-10-24(15-19(18)20)16-3-5-17(26)6-4-16/h3-8,26H,9-15H2,1-2H3. The zero-order valence-corrected chi connectivity index (χ0v) is 16.5. The predicted octanol–water partition coefficient (Wildman–Crippen LogP) is 3.30. The first-order valence-corrected chi connectivity index (χ1v) is 9.76. The van der Waals surface area contributed by atoms with Gasteiger partial charge in [-0.15, -0.1) is 12.6 Å². The number of methoxy groups -OCH3 is 1. The summed E-state index contributed by atoms with van der Waals surface area (Å²) in [6.07, 6.45) is 1.02. The number of likely N-dealkylation sites (N-methyl/N-ethyl adjacent to an activating group) is 1. The molecule has 4 rings (SSSR count). The number of anilines is 2. The monoisotopic (exact) mass is 369 g/mol. The SMILES string of the molecule is COc1ccc(N2CCN(C)CC2)c2c1CCN(c1ccc(S)cc1)C2. The number of rotatable bonds is 3. The minimum atomic E-state index is 0.931.